The highest BCUT2D eigenvalue weighted by Gasteiger charge is 2.48. The summed E-state index contributed by atoms with van der Waals surface area (Å²) >= 11 is 0. The standard InChI is InChI=1S/C33H41N5O2/c1-32(2,3)40-31(39)36-30-26-14-8-7-13-25(26)21-33(30)16-19-37(20-17-33)28-22-35-29(23-34-28)38-18-10-9-15-27(38)24-11-5-4-6-12-24/h4-8,11-14,22-23,27,30H,9-10,15-21H2,1-3H3,(H,36,39)/t27-,30-/m1/s1. The summed E-state index contributed by atoms with van der Waals surface area (Å²) in [6.45, 7) is 8.48. The summed E-state index contributed by atoms with van der Waals surface area (Å²) < 4.78 is 5.65. The number of anilines is 2. The van der Waals surface area contributed by atoms with Crippen LogP contribution in [0.5, 0.6) is 0 Å². The molecule has 2 aromatic carbocycles. The second kappa shape index (κ2) is 10.8. The lowest BCUT2D eigenvalue weighted by Gasteiger charge is -2.44. The number of amides is 1. The van der Waals surface area contributed by atoms with Gasteiger partial charge in [0.15, 0.2) is 0 Å². The van der Waals surface area contributed by atoms with Crippen molar-refractivity contribution in [2.45, 2.75) is 77.0 Å². The predicted molar refractivity (Wildman–Crippen MR) is 159 cm³/mol. The van der Waals surface area contributed by atoms with E-state index < -0.39 is 5.60 Å². The van der Waals surface area contributed by atoms with Gasteiger partial charge in [0.25, 0.3) is 0 Å². The minimum atomic E-state index is -0.529. The van der Waals surface area contributed by atoms with Crippen molar-refractivity contribution in [3.05, 3.63) is 83.7 Å². The van der Waals surface area contributed by atoms with Crippen LogP contribution < -0.4 is 15.1 Å². The first-order valence-corrected chi connectivity index (χ1v) is 14.8. The van der Waals surface area contributed by atoms with Gasteiger partial charge in [0, 0.05) is 25.0 Å². The van der Waals surface area contributed by atoms with Crippen molar-refractivity contribution >= 4 is 17.7 Å². The number of hydrogen-bond acceptors (Lipinski definition) is 6. The van der Waals surface area contributed by atoms with Gasteiger partial charge in [0.05, 0.1) is 24.5 Å². The summed E-state index contributed by atoms with van der Waals surface area (Å²) in [5.41, 5.74) is 3.35. The van der Waals surface area contributed by atoms with E-state index in [9.17, 15) is 4.79 Å². The van der Waals surface area contributed by atoms with Crippen LogP contribution in [0.15, 0.2) is 67.0 Å². The van der Waals surface area contributed by atoms with Crippen molar-refractivity contribution in [3.63, 3.8) is 0 Å². The molecule has 210 valence electrons. The number of benzene rings is 2. The Hall–Kier alpha value is -3.61. The van der Waals surface area contributed by atoms with E-state index >= 15 is 0 Å². The minimum absolute atomic E-state index is 0.0266. The number of aromatic nitrogens is 2. The number of rotatable bonds is 4. The lowest BCUT2D eigenvalue weighted by atomic mass is 9.72. The molecule has 0 bridgehead atoms. The molecule has 1 spiro atoms. The van der Waals surface area contributed by atoms with Gasteiger partial charge in [0.2, 0.25) is 0 Å². The number of nitrogens with zero attached hydrogens (tertiary/aromatic N) is 4. The lowest BCUT2D eigenvalue weighted by Crippen LogP contribution is -2.48. The van der Waals surface area contributed by atoms with Gasteiger partial charge in [-0.05, 0) is 76.0 Å². The molecule has 6 rings (SSSR count). The molecule has 7 nitrogen and oxygen atoms in total. The number of piperidine rings is 2. The maximum absolute atomic E-state index is 12.8. The molecule has 3 heterocycles. The Morgan fingerprint density at radius 2 is 1.62 bits per heavy atom. The van der Waals surface area contributed by atoms with Crippen LogP contribution in [0, 0.1) is 5.41 Å². The molecular weight excluding hydrogens is 498 g/mol. The fourth-order valence-corrected chi connectivity index (χ4v) is 6.94. The molecule has 0 radical (unpaired) electrons. The number of hydrogen-bond donors (Lipinski definition) is 1. The SMILES string of the molecule is CC(C)(C)OC(=O)N[C@@H]1c2ccccc2CC12CCN(c1cnc(N3CCCC[C@@H]3c3ccccc3)cn1)CC2. The van der Waals surface area contributed by atoms with Crippen molar-refractivity contribution in [2.75, 3.05) is 29.4 Å². The van der Waals surface area contributed by atoms with Crippen molar-refractivity contribution < 1.29 is 9.53 Å². The fourth-order valence-electron chi connectivity index (χ4n) is 6.94. The molecule has 1 aromatic heterocycles. The Morgan fingerprint density at radius 1 is 0.925 bits per heavy atom. The van der Waals surface area contributed by atoms with Crippen LogP contribution in [-0.2, 0) is 11.2 Å². The van der Waals surface area contributed by atoms with E-state index in [-0.39, 0.29) is 17.6 Å². The number of ether oxygens (including phenoxy) is 1. The Morgan fingerprint density at radius 3 is 2.35 bits per heavy atom. The van der Waals surface area contributed by atoms with Gasteiger partial charge in [-0.25, -0.2) is 14.8 Å². The van der Waals surface area contributed by atoms with Crippen molar-refractivity contribution in [3.8, 4) is 0 Å². The zero-order valence-electron chi connectivity index (χ0n) is 24.0. The Kier molecular flexibility index (Phi) is 7.15. The molecule has 0 unspecified atom stereocenters. The summed E-state index contributed by atoms with van der Waals surface area (Å²) in [4.78, 5) is 27.4. The highest BCUT2D eigenvalue weighted by Crippen LogP contribution is 2.52. The smallest absolute Gasteiger partial charge is 0.408 e. The first kappa shape index (κ1) is 26.6. The Balaban J connectivity index is 1.15. The summed E-state index contributed by atoms with van der Waals surface area (Å²) in [5.74, 6) is 1.89. The van der Waals surface area contributed by atoms with Crippen LogP contribution in [-0.4, -0.2) is 41.3 Å². The molecule has 40 heavy (non-hydrogen) atoms. The average molecular weight is 540 g/mol. The van der Waals surface area contributed by atoms with Crippen LogP contribution in [0.2, 0.25) is 0 Å². The molecule has 1 aliphatic carbocycles. The number of nitrogens with one attached hydrogen (secondary N) is 1. The molecule has 2 fully saturated rings. The van der Waals surface area contributed by atoms with Crippen LogP contribution in [0.25, 0.3) is 0 Å². The largest absolute Gasteiger partial charge is 0.444 e. The number of fused-ring (bicyclic) bond motifs is 1. The van der Waals surface area contributed by atoms with Gasteiger partial charge in [-0.2, -0.15) is 0 Å². The molecule has 3 aromatic rings. The van der Waals surface area contributed by atoms with Crippen molar-refractivity contribution in [1.82, 2.24) is 15.3 Å². The van der Waals surface area contributed by atoms with Crippen LogP contribution in [0.1, 0.15) is 81.6 Å². The highest BCUT2D eigenvalue weighted by molar-refractivity contribution is 5.69. The number of carbonyl (C=O) groups excluding carboxylic acids is 1. The van der Waals surface area contributed by atoms with Crippen LogP contribution >= 0.6 is 0 Å². The van der Waals surface area contributed by atoms with Crippen LogP contribution in [0.4, 0.5) is 16.4 Å². The summed E-state index contributed by atoms with van der Waals surface area (Å²) in [7, 11) is 0. The van der Waals surface area contributed by atoms with E-state index in [0.717, 1.165) is 57.0 Å². The normalized spacial score (nSPS) is 22.2. The molecule has 1 N–H and O–H groups in total. The first-order valence-electron chi connectivity index (χ1n) is 14.8. The van der Waals surface area contributed by atoms with E-state index in [2.05, 4.69) is 69.7 Å². The van der Waals surface area contributed by atoms with Gasteiger partial charge in [-0.3, -0.25) is 0 Å². The second-order valence-corrected chi connectivity index (χ2v) is 12.7. The molecule has 2 atom stereocenters. The van der Waals surface area contributed by atoms with E-state index in [1.165, 1.54) is 29.5 Å². The van der Waals surface area contributed by atoms with Gasteiger partial charge in [0.1, 0.15) is 17.2 Å². The topological polar surface area (TPSA) is 70.6 Å². The Labute approximate surface area is 238 Å². The van der Waals surface area contributed by atoms with E-state index in [1.807, 2.05) is 33.2 Å². The summed E-state index contributed by atoms with van der Waals surface area (Å²) in [6.07, 6.45) is 10.0. The second-order valence-electron chi connectivity index (χ2n) is 12.7. The van der Waals surface area contributed by atoms with Gasteiger partial charge in [-0.15, -0.1) is 0 Å². The molecule has 0 saturated carbocycles. The van der Waals surface area contributed by atoms with Gasteiger partial charge in [-0.1, -0.05) is 54.6 Å². The fraction of sp³-hybridized carbons (Fsp3) is 0.485. The predicted octanol–water partition coefficient (Wildman–Crippen LogP) is 6.62. The van der Waals surface area contributed by atoms with Gasteiger partial charge < -0.3 is 19.9 Å². The lowest BCUT2D eigenvalue weighted by molar-refractivity contribution is 0.0428. The minimum Gasteiger partial charge on any atom is -0.444 e. The average Bonchev–Trinajstić information content (AvgIpc) is 3.25. The monoisotopic (exact) mass is 539 g/mol. The Bertz CT molecular complexity index is 1310. The molecule has 3 aliphatic rings. The first-order chi connectivity index (χ1) is 19.3. The van der Waals surface area contributed by atoms with E-state index in [0.29, 0.717) is 6.04 Å². The molecule has 1 amide bonds. The number of alkyl carbamates (subject to hydrolysis) is 1. The van der Waals surface area contributed by atoms with Gasteiger partial charge >= 0.3 is 6.09 Å². The third kappa shape index (κ3) is 5.38. The zero-order valence-corrected chi connectivity index (χ0v) is 24.0. The van der Waals surface area contributed by atoms with Crippen molar-refractivity contribution in [2.24, 2.45) is 5.41 Å². The number of carbonyl (C=O) groups is 1. The molecular formula is C33H41N5O2. The summed E-state index contributed by atoms with van der Waals surface area (Å²) in [6, 6.07) is 19.6. The molecule has 2 saturated heterocycles. The van der Waals surface area contributed by atoms with Crippen molar-refractivity contribution in [1.29, 1.82) is 0 Å². The van der Waals surface area contributed by atoms with Crippen LogP contribution in [0.3, 0.4) is 0 Å². The summed E-state index contributed by atoms with van der Waals surface area (Å²) in [5, 5.41) is 3.25. The molecule has 7 heteroatoms. The maximum atomic E-state index is 12.8. The zero-order chi connectivity index (χ0) is 27.7. The van der Waals surface area contributed by atoms with E-state index in [4.69, 9.17) is 14.7 Å². The quantitative estimate of drug-likeness (QED) is 0.402. The maximum Gasteiger partial charge on any atom is 0.408 e. The highest BCUT2D eigenvalue weighted by atomic mass is 16.6. The third-order valence-electron chi connectivity index (χ3n) is 8.87. The van der Waals surface area contributed by atoms with E-state index in [1.54, 1.807) is 0 Å². The third-order valence-corrected chi connectivity index (χ3v) is 8.87. The molecule has 2 aliphatic heterocycles.